The van der Waals surface area contributed by atoms with Gasteiger partial charge in [-0.25, -0.2) is 17.9 Å². The number of rotatable bonds is 6. The molecule has 1 aromatic rings. The van der Waals surface area contributed by atoms with E-state index in [9.17, 15) is 13.2 Å². The molecule has 0 radical (unpaired) electrons. The molecule has 0 aliphatic carbocycles. The van der Waals surface area contributed by atoms with Crippen molar-refractivity contribution in [3.8, 4) is 0 Å². The minimum Gasteiger partial charge on any atom is -0.478 e. The Hall–Kier alpha value is -1.15. The van der Waals surface area contributed by atoms with Crippen LogP contribution in [-0.4, -0.2) is 37.2 Å². The summed E-state index contributed by atoms with van der Waals surface area (Å²) in [5.74, 6) is -1.57. The largest absolute Gasteiger partial charge is 0.478 e. The van der Waals surface area contributed by atoms with Gasteiger partial charge in [0.1, 0.15) is 0 Å². The van der Waals surface area contributed by atoms with E-state index in [1.807, 2.05) is 0 Å². The first-order valence-corrected chi connectivity index (χ1v) is 7.71. The fourth-order valence-corrected chi connectivity index (χ4v) is 3.00. The van der Waals surface area contributed by atoms with Gasteiger partial charge in [0, 0.05) is 12.6 Å². The van der Waals surface area contributed by atoms with E-state index >= 15 is 0 Å². The Bertz CT molecular complexity index is 602. The second-order valence-corrected chi connectivity index (χ2v) is 6.64. The van der Waals surface area contributed by atoms with Crippen molar-refractivity contribution in [2.24, 2.45) is 5.92 Å². The number of carboxylic acid groups (broad SMARTS) is 1. The number of nitrogens with one attached hydrogen (secondary N) is 1. The molecule has 0 aliphatic rings. The Morgan fingerprint density at radius 3 is 2.50 bits per heavy atom. The molecule has 1 aromatic carbocycles. The van der Waals surface area contributed by atoms with Gasteiger partial charge in [-0.15, -0.1) is 0 Å². The molecule has 112 valence electrons. The molecule has 2 atom stereocenters. The maximum Gasteiger partial charge on any atom is 0.337 e. The van der Waals surface area contributed by atoms with E-state index in [1.54, 1.807) is 13.8 Å². The van der Waals surface area contributed by atoms with E-state index in [2.05, 4.69) is 4.72 Å². The lowest BCUT2D eigenvalue weighted by Crippen LogP contribution is -2.38. The van der Waals surface area contributed by atoms with Crippen LogP contribution in [0.4, 0.5) is 0 Å². The highest BCUT2D eigenvalue weighted by Crippen LogP contribution is 2.21. The van der Waals surface area contributed by atoms with Gasteiger partial charge in [0.2, 0.25) is 10.0 Å². The van der Waals surface area contributed by atoms with Crippen LogP contribution < -0.4 is 4.72 Å². The average Bonchev–Trinajstić information content (AvgIpc) is 2.36. The second kappa shape index (κ2) is 6.53. The number of benzene rings is 1. The number of aliphatic hydroxyl groups is 1. The van der Waals surface area contributed by atoms with Crippen LogP contribution >= 0.6 is 11.6 Å². The normalized spacial score (nSPS) is 14.8. The molecule has 0 heterocycles. The highest BCUT2D eigenvalue weighted by molar-refractivity contribution is 7.89. The highest BCUT2D eigenvalue weighted by atomic mass is 35.5. The quantitative estimate of drug-likeness (QED) is 0.733. The summed E-state index contributed by atoms with van der Waals surface area (Å²) >= 11 is 5.69. The molecule has 3 N–H and O–H groups in total. The average molecular weight is 322 g/mol. The summed E-state index contributed by atoms with van der Waals surface area (Å²) < 4.78 is 26.6. The number of aromatic carboxylic acids is 1. The van der Waals surface area contributed by atoms with Crippen molar-refractivity contribution in [1.82, 2.24) is 4.72 Å². The van der Waals surface area contributed by atoms with Crippen molar-refractivity contribution in [3.05, 3.63) is 28.8 Å². The predicted molar refractivity (Wildman–Crippen MR) is 74.4 cm³/mol. The Balaban J connectivity index is 3.10. The molecule has 0 saturated heterocycles. The molecule has 0 fully saturated rings. The first-order valence-electron chi connectivity index (χ1n) is 5.85. The third kappa shape index (κ3) is 3.92. The maximum atomic E-state index is 12.1. The summed E-state index contributed by atoms with van der Waals surface area (Å²) in [7, 11) is -3.87. The second-order valence-electron chi connectivity index (χ2n) is 4.52. The predicted octanol–water partition coefficient (Wildman–Crippen LogP) is 1.33. The smallest absolute Gasteiger partial charge is 0.337 e. The third-order valence-corrected chi connectivity index (χ3v) is 4.85. The van der Waals surface area contributed by atoms with E-state index in [0.717, 1.165) is 6.07 Å². The Morgan fingerprint density at radius 1 is 1.40 bits per heavy atom. The van der Waals surface area contributed by atoms with Gasteiger partial charge in [-0.2, -0.15) is 0 Å². The molecule has 0 spiro atoms. The minimum atomic E-state index is -3.87. The number of sulfonamides is 1. The fraction of sp³-hybridized carbons (Fsp3) is 0.417. The molecule has 6 nitrogen and oxygen atoms in total. The number of hydrogen-bond acceptors (Lipinski definition) is 4. The maximum absolute atomic E-state index is 12.1. The third-order valence-electron chi connectivity index (χ3n) is 2.96. The zero-order valence-electron chi connectivity index (χ0n) is 11.0. The van der Waals surface area contributed by atoms with Gasteiger partial charge in [-0.1, -0.05) is 18.5 Å². The molecule has 1 rings (SSSR count). The lowest BCUT2D eigenvalue weighted by Gasteiger charge is -2.19. The fourth-order valence-electron chi connectivity index (χ4n) is 1.42. The van der Waals surface area contributed by atoms with E-state index in [0.29, 0.717) is 0 Å². The molecule has 0 bridgehead atoms. The Kier molecular flexibility index (Phi) is 5.52. The van der Waals surface area contributed by atoms with Crippen molar-refractivity contribution in [3.63, 3.8) is 0 Å². The minimum absolute atomic E-state index is 0.0341. The van der Waals surface area contributed by atoms with Gasteiger partial charge in [0.25, 0.3) is 0 Å². The lowest BCUT2D eigenvalue weighted by molar-refractivity contribution is 0.0697. The van der Waals surface area contributed by atoms with Gasteiger partial charge >= 0.3 is 5.97 Å². The van der Waals surface area contributed by atoms with Crippen LogP contribution in [0.1, 0.15) is 24.2 Å². The van der Waals surface area contributed by atoms with Crippen LogP contribution in [0.5, 0.6) is 0 Å². The molecule has 20 heavy (non-hydrogen) atoms. The monoisotopic (exact) mass is 321 g/mol. The van der Waals surface area contributed by atoms with Crippen molar-refractivity contribution >= 4 is 27.6 Å². The van der Waals surface area contributed by atoms with E-state index in [4.69, 9.17) is 21.8 Å². The molecule has 0 aliphatic heterocycles. The van der Waals surface area contributed by atoms with Crippen LogP contribution in [0.15, 0.2) is 23.1 Å². The van der Waals surface area contributed by atoms with E-state index < -0.39 is 22.0 Å². The number of carboxylic acids is 1. The first-order chi connectivity index (χ1) is 9.19. The standard InChI is InChI=1S/C12H16ClNO5S/c1-7(6-15)8(2)14-20(18,19)9-3-4-11(13)10(5-9)12(16)17/h3-5,7-8,14-15H,6H2,1-2H3,(H,16,17). The zero-order chi connectivity index (χ0) is 15.5. The Labute approximate surface area is 122 Å². The van der Waals surface area contributed by atoms with Gasteiger partial charge in [0.15, 0.2) is 0 Å². The Morgan fingerprint density at radius 2 is 2.00 bits per heavy atom. The summed E-state index contributed by atoms with van der Waals surface area (Å²) in [6.45, 7) is 3.15. The van der Waals surface area contributed by atoms with E-state index in [1.165, 1.54) is 12.1 Å². The summed E-state index contributed by atoms with van der Waals surface area (Å²) in [5, 5.41) is 17.9. The summed E-state index contributed by atoms with van der Waals surface area (Å²) in [4.78, 5) is 10.8. The number of hydrogen-bond donors (Lipinski definition) is 3. The number of halogens is 1. The van der Waals surface area contributed by atoms with Gasteiger partial charge in [-0.3, -0.25) is 0 Å². The van der Waals surface area contributed by atoms with Crippen molar-refractivity contribution in [2.75, 3.05) is 6.61 Å². The van der Waals surface area contributed by atoms with Crippen LogP contribution in [0.2, 0.25) is 5.02 Å². The number of aliphatic hydroxyl groups excluding tert-OH is 1. The van der Waals surface area contributed by atoms with Crippen LogP contribution in [0.3, 0.4) is 0 Å². The zero-order valence-corrected chi connectivity index (χ0v) is 12.6. The van der Waals surface area contributed by atoms with Crippen LogP contribution in [0, 0.1) is 5.92 Å². The van der Waals surface area contributed by atoms with E-state index in [-0.39, 0.29) is 28.0 Å². The molecule has 2 unspecified atom stereocenters. The molecular formula is C12H16ClNO5S. The number of carbonyl (C=O) groups is 1. The van der Waals surface area contributed by atoms with Crippen LogP contribution in [-0.2, 0) is 10.0 Å². The summed E-state index contributed by atoms with van der Waals surface area (Å²) in [6.07, 6.45) is 0. The topological polar surface area (TPSA) is 104 Å². The SMILES string of the molecule is CC(CO)C(C)NS(=O)(=O)c1ccc(Cl)c(C(=O)O)c1. The van der Waals surface area contributed by atoms with Gasteiger partial charge in [0.05, 0.1) is 15.5 Å². The summed E-state index contributed by atoms with van der Waals surface area (Å²) in [5.41, 5.74) is -0.280. The molecular weight excluding hydrogens is 306 g/mol. The highest BCUT2D eigenvalue weighted by Gasteiger charge is 2.22. The molecule has 8 heteroatoms. The molecule has 0 aromatic heterocycles. The molecule has 0 saturated carbocycles. The van der Waals surface area contributed by atoms with Gasteiger partial charge in [-0.05, 0) is 31.0 Å². The van der Waals surface area contributed by atoms with Crippen molar-refractivity contribution in [1.29, 1.82) is 0 Å². The lowest BCUT2D eigenvalue weighted by atomic mass is 10.1. The first kappa shape index (κ1) is 16.9. The van der Waals surface area contributed by atoms with Gasteiger partial charge < -0.3 is 10.2 Å². The van der Waals surface area contributed by atoms with Crippen LogP contribution in [0.25, 0.3) is 0 Å². The summed E-state index contributed by atoms with van der Waals surface area (Å²) in [6, 6.07) is 2.96. The molecule has 0 amide bonds. The van der Waals surface area contributed by atoms with Crippen molar-refractivity contribution in [2.45, 2.75) is 24.8 Å². The van der Waals surface area contributed by atoms with Crippen molar-refractivity contribution < 1.29 is 23.4 Å².